The van der Waals surface area contributed by atoms with E-state index in [4.69, 9.17) is 4.52 Å². The molecule has 21 heavy (non-hydrogen) atoms. The number of hydrogen-bond donors (Lipinski definition) is 1. The summed E-state index contributed by atoms with van der Waals surface area (Å²) in [4.78, 5) is 20.0. The van der Waals surface area contributed by atoms with Gasteiger partial charge in [-0.05, 0) is 18.5 Å². The van der Waals surface area contributed by atoms with E-state index in [1.165, 1.54) is 0 Å². The Labute approximate surface area is 124 Å². The van der Waals surface area contributed by atoms with Crippen LogP contribution in [0.1, 0.15) is 21.5 Å². The third-order valence-corrected chi connectivity index (χ3v) is 3.43. The van der Waals surface area contributed by atoms with Crippen molar-refractivity contribution in [3.63, 3.8) is 0 Å². The third-order valence-electron chi connectivity index (χ3n) is 2.62. The van der Waals surface area contributed by atoms with Crippen LogP contribution >= 0.6 is 11.5 Å². The lowest BCUT2D eigenvalue weighted by atomic mass is 10.2. The highest BCUT2D eigenvalue weighted by Gasteiger charge is 2.13. The number of amides is 1. The molecule has 8 heteroatoms. The number of nitrogens with one attached hydrogen (secondary N) is 1. The Kier molecular flexibility index (Phi) is 3.69. The number of carbonyl (C=O) groups excluding carboxylic acids is 1. The molecule has 0 radical (unpaired) electrons. The molecule has 0 aliphatic heterocycles. The van der Waals surface area contributed by atoms with Gasteiger partial charge in [-0.3, -0.25) is 4.79 Å². The Bertz CT molecular complexity index is 753. The van der Waals surface area contributed by atoms with Gasteiger partial charge < -0.3 is 9.84 Å². The third kappa shape index (κ3) is 3.11. The zero-order valence-electron chi connectivity index (χ0n) is 11.1. The van der Waals surface area contributed by atoms with E-state index in [-0.39, 0.29) is 12.5 Å². The summed E-state index contributed by atoms with van der Waals surface area (Å²) in [5, 5.41) is 6.86. The van der Waals surface area contributed by atoms with E-state index in [0.29, 0.717) is 22.5 Å². The second kappa shape index (κ2) is 5.80. The summed E-state index contributed by atoms with van der Waals surface area (Å²) in [6.45, 7) is 1.88. The Balaban J connectivity index is 1.64. The fourth-order valence-corrected chi connectivity index (χ4v) is 2.24. The molecular formula is C13H11N5O2S. The van der Waals surface area contributed by atoms with Crippen molar-refractivity contribution >= 4 is 17.4 Å². The van der Waals surface area contributed by atoms with Gasteiger partial charge in [0.15, 0.2) is 0 Å². The highest BCUT2D eigenvalue weighted by molar-refractivity contribution is 7.07. The average molecular weight is 301 g/mol. The first-order valence-electron chi connectivity index (χ1n) is 6.19. The second-order valence-corrected chi connectivity index (χ2v) is 4.96. The smallest absolute Gasteiger partial charge is 0.282 e. The second-order valence-electron chi connectivity index (χ2n) is 4.21. The van der Waals surface area contributed by atoms with Crippen LogP contribution in [0.15, 0.2) is 34.9 Å². The molecule has 0 aliphatic rings. The minimum absolute atomic E-state index is 0.150. The van der Waals surface area contributed by atoms with Gasteiger partial charge in [0.05, 0.1) is 6.54 Å². The van der Waals surface area contributed by atoms with Gasteiger partial charge in [0, 0.05) is 5.56 Å². The molecule has 3 rings (SSSR count). The van der Waals surface area contributed by atoms with Crippen molar-refractivity contribution in [1.82, 2.24) is 24.8 Å². The fraction of sp³-hybridized carbons (Fsp3) is 0.154. The number of carbonyl (C=O) groups is 1. The maximum Gasteiger partial charge on any atom is 0.282 e. The first kappa shape index (κ1) is 13.4. The van der Waals surface area contributed by atoms with Gasteiger partial charge in [-0.2, -0.15) is 9.36 Å². The zero-order chi connectivity index (χ0) is 14.7. The maximum absolute atomic E-state index is 11.8. The average Bonchev–Trinajstić information content (AvgIpc) is 3.15. The van der Waals surface area contributed by atoms with Crippen LogP contribution in [0.2, 0.25) is 0 Å². The summed E-state index contributed by atoms with van der Waals surface area (Å²) in [6.07, 6.45) is 0. The lowest BCUT2D eigenvalue weighted by Crippen LogP contribution is -2.22. The molecule has 1 N–H and O–H groups in total. The molecule has 1 amide bonds. The molecule has 7 nitrogen and oxygen atoms in total. The largest absolute Gasteiger partial charge is 0.341 e. The minimum Gasteiger partial charge on any atom is -0.341 e. The zero-order valence-corrected chi connectivity index (χ0v) is 11.9. The van der Waals surface area contributed by atoms with E-state index in [0.717, 1.165) is 17.1 Å². The Morgan fingerprint density at radius 1 is 1.29 bits per heavy atom. The van der Waals surface area contributed by atoms with Crippen LogP contribution in [0.3, 0.4) is 0 Å². The van der Waals surface area contributed by atoms with E-state index in [2.05, 4.69) is 24.8 Å². The van der Waals surface area contributed by atoms with Crippen molar-refractivity contribution in [3.05, 3.63) is 47.1 Å². The lowest BCUT2D eigenvalue weighted by Gasteiger charge is -1.97. The Morgan fingerprint density at radius 2 is 2.10 bits per heavy atom. The van der Waals surface area contributed by atoms with Crippen molar-refractivity contribution in [2.45, 2.75) is 13.5 Å². The van der Waals surface area contributed by atoms with Gasteiger partial charge in [0.2, 0.25) is 16.7 Å². The molecule has 2 heterocycles. The molecule has 0 saturated carbocycles. The summed E-state index contributed by atoms with van der Waals surface area (Å²) in [5.74, 6) is 1.10. The van der Waals surface area contributed by atoms with Crippen LogP contribution in [0, 0.1) is 6.92 Å². The van der Waals surface area contributed by atoms with Gasteiger partial charge in [-0.15, -0.1) is 0 Å². The summed E-state index contributed by atoms with van der Waals surface area (Å²) in [5.41, 5.74) is 0.860. The summed E-state index contributed by atoms with van der Waals surface area (Å²) < 4.78 is 9.06. The highest BCUT2D eigenvalue weighted by Crippen LogP contribution is 2.14. The normalized spacial score (nSPS) is 10.5. The van der Waals surface area contributed by atoms with Crippen molar-refractivity contribution in [3.8, 4) is 11.4 Å². The van der Waals surface area contributed by atoms with Gasteiger partial charge in [0.1, 0.15) is 5.82 Å². The van der Waals surface area contributed by atoms with Crippen molar-refractivity contribution in [2.24, 2.45) is 0 Å². The van der Waals surface area contributed by atoms with Crippen LogP contribution in [0.5, 0.6) is 0 Å². The van der Waals surface area contributed by atoms with Crippen molar-refractivity contribution < 1.29 is 9.32 Å². The minimum atomic E-state index is -0.305. The van der Waals surface area contributed by atoms with Crippen LogP contribution in [-0.4, -0.2) is 25.4 Å². The lowest BCUT2D eigenvalue weighted by molar-refractivity contribution is 0.0945. The number of aromatic nitrogens is 4. The number of rotatable bonds is 4. The van der Waals surface area contributed by atoms with E-state index < -0.39 is 0 Å². The van der Waals surface area contributed by atoms with Crippen LogP contribution in [-0.2, 0) is 6.54 Å². The molecule has 0 aliphatic carbocycles. The number of benzene rings is 1. The van der Waals surface area contributed by atoms with Crippen LogP contribution in [0.25, 0.3) is 11.4 Å². The molecule has 3 aromatic rings. The van der Waals surface area contributed by atoms with Crippen LogP contribution in [0.4, 0.5) is 0 Å². The van der Waals surface area contributed by atoms with Gasteiger partial charge in [-0.1, -0.05) is 35.5 Å². The molecule has 0 bridgehead atoms. The predicted molar refractivity (Wildman–Crippen MR) is 75.6 cm³/mol. The maximum atomic E-state index is 11.8. The first-order valence-corrected chi connectivity index (χ1v) is 6.96. The highest BCUT2D eigenvalue weighted by atomic mass is 32.1. The Morgan fingerprint density at radius 3 is 2.81 bits per heavy atom. The number of hydrogen-bond acceptors (Lipinski definition) is 7. The SMILES string of the molecule is Cc1nsc(C(=O)NCc2nc(-c3ccccc3)no2)n1. The fourth-order valence-electron chi connectivity index (χ4n) is 1.65. The number of aryl methyl sites for hydroxylation is 1. The molecule has 0 atom stereocenters. The quantitative estimate of drug-likeness (QED) is 0.790. The standard InChI is InChI=1S/C13H11N5O2S/c1-8-15-13(21-18-8)12(19)14-7-10-16-11(17-20-10)9-5-3-2-4-6-9/h2-6H,7H2,1H3,(H,14,19). The van der Waals surface area contributed by atoms with Gasteiger partial charge >= 0.3 is 0 Å². The molecule has 0 unspecified atom stereocenters. The summed E-state index contributed by atoms with van der Waals surface area (Å²) in [7, 11) is 0. The molecule has 0 fully saturated rings. The van der Waals surface area contributed by atoms with Crippen LogP contribution < -0.4 is 5.32 Å². The molecular weight excluding hydrogens is 290 g/mol. The molecule has 0 spiro atoms. The monoisotopic (exact) mass is 301 g/mol. The summed E-state index contributed by atoms with van der Waals surface area (Å²) >= 11 is 1.06. The number of nitrogens with zero attached hydrogens (tertiary/aromatic N) is 4. The van der Waals surface area contributed by atoms with Gasteiger partial charge in [-0.25, -0.2) is 4.98 Å². The van der Waals surface area contributed by atoms with E-state index >= 15 is 0 Å². The molecule has 106 valence electrons. The summed E-state index contributed by atoms with van der Waals surface area (Å²) in [6, 6.07) is 9.47. The van der Waals surface area contributed by atoms with E-state index in [1.807, 2.05) is 30.3 Å². The van der Waals surface area contributed by atoms with Crippen molar-refractivity contribution in [1.29, 1.82) is 0 Å². The molecule has 0 saturated heterocycles. The van der Waals surface area contributed by atoms with Crippen molar-refractivity contribution in [2.75, 3.05) is 0 Å². The Hall–Kier alpha value is -2.61. The predicted octanol–water partition coefficient (Wildman–Crippen LogP) is 1.83. The van der Waals surface area contributed by atoms with E-state index in [9.17, 15) is 4.79 Å². The first-order chi connectivity index (χ1) is 10.2. The van der Waals surface area contributed by atoms with Gasteiger partial charge in [0.25, 0.3) is 5.91 Å². The van der Waals surface area contributed by atoms with E-state index in [1.54, 1.807) is 6.92 Å². The molecule has 2 aromatic heterocycles. The topological polar surface area (TPSA) is 93.8 Å². The molecule has 1 aromatic carbocycles.